The van der Waals surface area contributed by atoms with Gasteiger partial charge in [-0.25, -0.2) is 9.86 Å². The number of rotatable bonds is 9. The van der Waals surface area contributed by atoms with Crippen molar-refractivity contribution in [2.45, 2.75) is 32.0 Å². The van der Waals surface area contributed by atoms with Gasteiger partial charge >= 0.3 is 6.09 Å². The highest BCUT2D eigenvalue weighted by molar-refractivity contribution is 6.06. The first kappa shape index (κ1) is 29.2. The molecule has 0 radical (unpaired) electrons. The van der Waals surface area contributed by atoms with Crippen molar-refractivity contribution in [2.75, 3.05) is 54.1 Å². The Morgan fingerprint density at radius 3 is 2.43 bits per heavy atom. The van der Waals surface area contributed by atoms with E-state index in [1.165, 1.54) is 32.2 Å². The van der Waals surface area contributed by atoms with E-state index in [2.05, 4.69) is 4.90 Å². The van der Waals surface area contributed by atoms with Gasteiger partial charge in [-0.05, 0) is 42.7 Å². The summed E-state index contributed by atoms with van der Waals surface area (Å²) >= 11 is 0. The summed E-state index contributed by atoms with van der Waals surface area (Å²) in [7, 11) is 4.45. The maximum Gasteiger partial charge on any atom is 0.407 e. The van der Waals surface area contributed by atoms with Crippen molar-refractivity contribution in [3.05, 3.63) is 63.9 Å². The molecule has 12 heteroatoms. The quantitative estimate of drug-likeness (QED) is 0.381. The van der Waals surface area contributed by atoms with Gasteiger partial charge in [-0.15, -0.1) is 0 Å². The minimum atomic E-state index is -0.955. The molecule has 2 aliphatic heterocycles. The van der Waals surface area contributed by atoms with Gasteiger partial charge in [0.25, 0.3) is 11.5 Å². The molecule has 0 unspecified atom stereocenters. The van der Waals surface area contributed by atoms with Crippen LogP contribution in [0.1, 0.15) is 28.8 Å². The lowest BCUT2D eigenvalue weighted by molar-refractivity contribution is -0.0755. The third-order valence-corrected chi connectivity index (χ3v) is 7.95. The Labute approximate surface area is 243 Å². The van der Waals surface area contributed by atoms with Gasteiger partial charge in [0.1, 0.15) is 19.0 Å². The number of ether oxygens (including phenoxy) is 3. The smallest absolute Gasteiger partial charge is 0.407 e. The van der Waals surface area contributed by atoms with Gasteiger partial charge in [0.15, 0.2) is 11.5 Å². The molecule has 0 aliphatic carbocycles. The first-order chi connectivity index (χ1) is 20.3. The molecule has 5 rings (SSSR count). The molecule has 3 heterocycles. The van der Waals surface area contributed by atoms with Gasteiger partial charge in [-0.1, -0.05) is 6.07 Å². The standard InChI is InChI=1S/C30H36N4O8/c1-31(40-3)29(36)24-17-22(39-2)18-25-23(24)5-7-28(35)33(25)13-12-32-10-8-21(9-11-32)34(30(37)38)19-20-4-6-26-27(16-20)42-15-14-41-26/h4-7,16-18,21H,8-15,19H2,1-3H3,(H,37,38). The number of amides is 2. The number of aromatic nitrogens is 1. The Bertz CT molecular complexity index is 1520. The third-order valence-electron chi connectivity index (χ3n) is 7.95. The number of carbonyl (C=O) groups is 2. The number of likely N-dealkylation sites (tertiary alicyclic amines) is 1. The number of methoxy groups -OCH3 is 1. The Morgan fingerprint density at radius 1 is 1.00 bits per heavy atom. The fraction of sp³-hybridized carbons (Fsp3) is 0.433. The Kier molecular flexibility index (Phi) is 8.83. The van der Waals surface area contributed by atoms with Crippen LogP contribution >= 0.6 is 0 Å². The number of benzene rings is 2. The first-order valence-corrected chi connectivity index (χ1v) is 13.9. The molecule has 0 saturated carbocycles. The van der Waals surface area contributed by atoms with E-state index in [0.29, 0.717) is 85.9 Å². The molecule has 0 atom stereocenters. The Hall–Kier alpha value is -4.29. The number of hydrogen-bond acceptors (Lipinski definition) is 8. The van der Waals surface area contributed by atoms with Crippen molar-refractivity contribution in [3.63, 3.8) is 0 Å². The minimum Gasteiger partial charge on any atom is -0.497 e. The van der Waals surface area contributed by atoms with Crippen molar-refractivity contribution in [3.8, 4) is 17.2 Å². The lowest BCUT2D eigenvalue weighted by Crippen LogP contribution is -2.47. The lowest BCUT2D eigenvalue weighted by Gasteiger charge is -2.37. The van der Waals surface area contributed by atoms with Crippen molar-refractivity contribution in [2.24, 2.45) is 0 Å². The van der Waals surface area contributed by atoms with E-state index in [-0.39, 0.29) is 24.1 Å². The molecule has 0 bridgehead atoms. The SMILES string of the molecule is COc1cc(C(=O)N(C)OC)c2ccc(=O)n(CCN3CCC(N(Cc4ccc5c(c4)OCCO5)C(=O)O)CC3)c2c1. The molecule has 1 fully saturated rings. The number of piperidine rings is 1. The van der Waals surface area contributed by atoms with Crippen LogP contribution in [0.4, 0.5) is 4.79 Å². The average Bonchev–Trinajstić information content (AvgIpc) is 3.01. The molecule has 2 amide bonds. The fourth-order valence-electron chi connectivity index (χ4n) is 5.58. The molecule has 2 aromatic carbocycles. The number of carboxylic acid groups (broad SMARTS) is 1. The second-order valence-electron chi connectivity index (χ2n) is 10.4. The number of fused-ring (bicyclic) bond motifs is 2. The third kappa shape index (κ3) is 6.14. The second-order valence-corrected chi connectivity index (χ2v) is 10.4. The van der Waals surface area contributed by atoms with Crippen LogP contribution in [0.25, 0.3) is 10.9 Å². The molecule has 42 heavy (non-hydrogen) atoms. The van der Waals surface area contributed by atoms with Gasteiger partial charge in [0.05, 0.1) is 25.3 Å². The molecule has 1 aromatic heterocycles. The highest BCUT2D eigenvalue weighted by Gasteiger charge is 2.28. The average molecular weight is 581 g/mol. The predicted molar refractivity (Wildman–Crippen MR) is 154 cm³/mol. The maximum absolute atomic E-state index is 13.0. The second kappa shape index (κ2) is 12.7. The summed E-state index contributed by atoms with van der Waals surface area (Å²) in [6, 6.07) is 11.9. The molecule has 0 spiro atoms. The summed E-state index contributed by atoms with van der Waals surface area (Å²) < 4.78 is 18.3. The van der Waals surface area contributed by atoms with E-state index in [4.69, 9.17) is 19.0 Å². The Morgan fingerprint density at radius 2 is 1.74 bits per heavy atom. The van der Waals surface area contributed by atoms with Crippen molar-refractivity contribution >= 4 is 22.9 Å². The highest BCUT2D eigenvalue weighted by Crippen LogP contribution is 2.32. The van der Waals surface area contributed by atoms with Gasteiger partial charge in [0.2, 0.25) is 0 Å². The normalized spacial score (nSPS) is 15.4. The summed E-state index contributed by atoms with van der Waals surface area (Å²) in [6.07, 6.45) is 0.401. The summed E-state index contributed by atoms with van der Waals surface area (Å²) in [4.78, 5) is 46.9. The summed E-state index contributed by atoms with van der Waals surface area (Å²) in [5.74, 6) is 1.42. The van der Waals surface area contributed by atoms with Crippen LogP contribution in [0, 0.1) is 0 Å². The predicted octanol–water partition coefficient (Wildman–Crippen LogP) is 3.06. The largest absolute Gasteiger partial charge is 0.497 e. The summed E-state index contributed by atoms with van der Waals surface area (Å²) in [5, 5.41) is 11.8. The number of hydroxylamine groups is 2. The van der Waals surface area contributed by atoms with E-state index in [1.54, 1.807) is 22.8 Å². The first-order valence-electron chi connectivity index (χ1n) is 13.9. The monoisotopic (exact) mass is 580 g/mol. The zero-order valence-electron chi connectivity index (χ0n) is 24.1. The van der Waals surface area contributed by atoms with Crippen LogP contribution in [0.15, 0.2) is 47.3 Å². The van der Waals surface area contributed by atoms with E-state index >= 15 is 0 Å². The molecule has 1 N–H and O–H groups in total. The van der Waals surface area contributed by atoms with E-state index in [1.807, 2.05) is 18.2 Å². The molecule has 224 valence electrons. The van der Waals surface area contributed by atoms with Crippen molar-refractivity contribution in [1.82, 2.24) is 19.4 Å². The van der Waals surface area contributed by atoms with Crippen LogP contribution in [-0.4, -0.2) is 96.7 Å². The molecule has 3 aromatic rings. The van der Waals surface area contributed by atoms with Gasteiger partial charge in [-0.2, -0.15) is 0 Å². The van der Waals surface area contributed by atoms with Crippen LogP contribution in [0.2, 0.25) is 0 Å². The molecule has 2 aliphatic rings. The number of carbonyl (C=O) groups excluding carboxylic acids is 1. The lowest BCUT2D eigenvalue weighted by atomic mass is 10.0. The number of pyridine rings is 1. The van der Waals surface area contributed by atoms with Gasteiger partial charge in [0, 0.05) is 63.3 Å². The molecule has 1 saturated heterocycles. The topological polar surface area (TPSA) is 123 Å². The van der Waals surface area contributed by atoms with Crippen LogP contribution in [-0.2, 0) is 17.9 Å². The van der Waals surface area contributed by atoms with E-state index in [9.17, 15) is 19.5 Å². The summed E-state index contributed by atoms with van der Waals surface area (Å²) in [6.45, 7) is 3.63. The van der Waals surface area contributed by atoms with Crippen LogP contribution in [0.3, 0.4) is 0 Å². The number of nitrogens with zero attached hydrogens (tertiary/aromatic N) is 4. The van der Waals surface area contributed by atoms with E-state index < -0.39 is 6.09 Å². The van der Waals surface area contributed by atoms with Gasteiger partial charge in [-0.3, -0.25) is 14.4 Å². The number of hydrogen-bond donors (Lipinski definition) is 1. The Balaban J connectivity index is 1.26. The highest BCUT2D eigenvalue weighted by atomic mass is 16.7. The zero-order valence-corrected chi connectivity index (χ0v) is 24.1. The minimum absolute atomic E-state index is 0.122. The summed E-state index contributed by atoms with van der Waals surface area (Å²) in [5.41, 5.74) is 1.64. The van der Waals surface area contributed by atoms with Gasteiger partial charge < -0.3 is 33.7 Å². The van der Waals surface area contributed by atoms with E-state index in [0.717, 1.165) is 10.6 Å². The molecular weight excluding hydrogens is 544 g/mol. The van der Waals surface area contributed by atoms with Crippen molar-refractivity contribution in [1.29, 1.82) is 0 Å². The van der Waals surface area contributed by atoms with Crippen molar-refractivity contribution < 1.29 is 33.7 Å². The van der Waals surface area contributed by atoms with Crippen LogP contribution in [0.5, 0.6) is 17.2 Å². The molecular formula is C30H36N4O8. The molecule has 12 nitrogen and oxygen atoms in total. The maximum atomic E-state index is 13.0. The zero-order chi connectivity index (χ0) is 29.8. The fourth-order valence-corrected chi connectivity index (χ4v) is 5.58. The van der Waals surface area contributed by atoms with Crippen LogP contribution < -0.4 is 19.8 Å².